The van der Waals surface area contributed by atoms with Crippen LogP contribution in [0.4, 0.5) is 0 Å². The van der Waals surface area contributed by atoms with Gasteiger partial charge in [-0.25, -0.2) is 0 Å². The van der Waals surface area contributed by atoms with Crippen molar-refractivity contribution < 1.29 is 0 Å². The van der Waals surface area contributed by atoms with Gasteiger partial charge in [0.1, 0.15) is 0 Å². The van der Waals surface area contributed by atoms with Crippen LogP contribution in [0.1, 0.15) is 25.7 Å². The molecule has 3 aliphatic carbocycles. The van der Waals surface area contributed by atoms with Crippen molar-refractivity contribution in [3.05, 3.63) is 0 Å². The SMILES string of the molecule is ClC1CC2C3CCC2C1C3. The lowest BCUT2D eigenvalue weighted by molar-refractivity contribution is 0.320. The third-order valence-electron chi connectivity index (χ3n) is 4.11. The maximum atomic E-state index is 6.20. The van der Waals surface area contributed by atoms with E-state index in [1.54, 1.807) is 0 Å². The second-order valence-electron chi connectivity index (χ2n) is 4.32. The molecule has 3 aliphatic rings. The van der Waals surface area contributed by atoms with E-state index in [0.29, 0.717) is 5.38 Å². The Labute approximate surface area is 66.9 Å². The van der Waals surface area contributed by atoms with Crippen molar-refractivity contribution in [1.82, 2.24) is 0 Å². The summed E-state index contributed by atoms with van der Waals surface area (Å²) in [5.41, 5.74) is 0. The maximum Gasteiger partial charge on any atom is 0.0369 e. The average Bonchev–Trinajstić information content (AvgIpc) is 2.53. The van der Waals surface area contributed by atoms with E-state index in [9.17, 15) is 0 Å². The molecule has 1 heteroatoms. The molecule has 3 rings (SSSR count). The predicted molar refractivity (Wildman–Crippen MR) is 42.1 cm³/mol. The first-order chi connectivity index (χ1) is 4.86. The maximum absolute atomic E-state index is 6.20. The second-order valence-corrected chi connectivity index (χ2v) is 4.88. The van der Waals surface area contributed by atoms with Crippen LogP contribution in [-0.2, 0) is 0 Å². The molecular weight excluding hydrogens is 144 g/mol. The summed E-state index contributed by atoms with van der Waals surface area (Å²) >= 11 is 6.20. The van der Waals surface area contributed by atoms with Crippen LogP contribution in [0, 0.1) is 23.7 Å². The van der Waals surface area contributed by atoms with Gasteiger partial charge in [-0.15, -0.1) is 11.6 Å². The minimum absolute atomic E-state index is 0.562. The van der Waals surface area contributed by atoms with Gasteiger partial charge in [-0.05, 0) is 49.4 Å². The largest absolute Gasteiger partial charge is 0.123 e. The van der Waals surface area contributed by atoms with E-state index in [4.69, 9.17) is 11.6 Å². The van der Waals surface area contributed by atoms with Gasteiger partial charge in [-0.2, -0.15) is 0 Å². The second kappa shape index (κ2) is 1.72. The van der Waals surface area contributed by atoms with Gasteiger partial charge in [0.25, 0.3) is 0 Å². The van der Waals surface area contributed by atoms with Gasteiger partial charge in [-0.1, -0.05) is 0 Å². The summed E-state index contributed by atoms with van der Waals surface area (Å²) in [7, 11) is 0. The molecule has 56 valence electrons. The van der Waals surface area contributed by atoms with Crippen molar-refractivity contribution >= 4 is 11.6 Å². The number of alkyl halides is 1. The molecule has 0 aliphatic heterocycles. The Morgan fingerprint density at radius 2 is 1.80 bits per heavy atom. The molecule has 0 aromatic heterocycles. The normalized spacial score (nSPS) is 63.9. The van der Waals surface area contributed by atoms with Crippen LogP contribution in [0.2, 0.25) is 0 Å². The van der Waals surface area contributed by atoms with E-state index in [1.165, 1.54) is 25.7 Å². The zero-order valence-electron chi connectivity index (χ0n) is 6.09. The molecule has 3 saturated carbocycles. The van der Waals surface area contributed by atoms with E-state index in [-0.39, 0.29) is 0 Å². The first-order valence-electron chi connectivity index (χ1n) is 4.50. The van der Waals surface area contributed by atoms with Crippen LogP contribution in [0.5, 0.6) is 0 Å². The zero-order valence-corrected chi connectivity index (χ0v) is 6.85. The fraction of sp³-hybridized carbons (Fsp3) is 1.00. The van der Waals surface area contributed by atoms with Crippen molar-refractivity contribution in [2.75, 3.05) is 0 Å². The third-order valence-corrected chi connectivity index (χ3v) is 4.61. The molecule has 0 amide bonds. The van der Waals surface area contributed by atoms with E-state index < -0.39 is 0 Å². The van der Waals surface area contributed by atoms with Crippen molar-refractivity contribution in [2.24, 2.45) is 23.7 Å². The highest BCUT2D eigenvalue weighted by Gasteiger charge is 2.55. The Hall–Kier alpha value is 0.290. The van der Waals surface area contributed by atoms with Gasteiger partial charge in [-0.3, -0.25) is 0 Å². The van der Waals surface area contributed by atoms with E-state index in [0.717, 1.165) is 23.7 Å². The molecule has 4 bridgehead atoms. The van der Waals surface area contributed by atoms with E-state index in [2.05, 4.69) is 0 Å². The summed E-state index contributed by atoms with van der Waals surface area (Å²) in [6, 6.07) is 0. The monoisotopic (exact) mass is 156 g/mol. The van der Waals surface area contributed by atoms with Crippen molar-refractivity contribution in [3.63, 3.8) is 0 Å². The van der Waals surface area contributed by atoms with Crippen LogP contribution < -0.4 is 0 Å². The Balaban J connectivity index is 1.97. The molecule has 0 N–H and O–H groups in total. The summed E-state index contributed by atoms with van der Waals surface area (Å²) in [6.07, 6.45) is 5.85. The van der Waals surface area contributed by atoms with Crippen molar-refractivity contribution in [2.45, 2.75) is 31.1 Å². The Morgan fingerprint density at radius 1 is 0.900 bits per heavy atom. The van der Waals surface area contributed by atoms with Crippen molar-refractivity contribution in [3.8, 4) is 0 Å². The minimum atomic E-state index is 0.562. The number of hydrogen-bond acceptors (Lipinski definition) is 0. The molecular formula is C9H13Cl. The van der Waals surface area contributed by atoms with Gasteiger partial charge in [0, 0.05) is 5.38 Å². The first kappa shape index (κ1) is 5.88. The summed E-state index contributed by atoms with van der Waals surface area (Å²) in [6.45, 7) is 0. The van der Waals surface area contributed by atoms with Crippen molar-refractivity contribution in [1.29, 1.82) is 0 Å². The summed E-state index contributed by atoms with van der Waals surface area (Å²) in [4.78, 5) is 0. The van der Waals surface area contributed by atoms with Gasteiger partial charge < -0.3 is 0 Å². The lowest BCUT2D eigenvalue weighted by Crippen LogP contribution is -2.19. The topological polar surface area (TPSA) is 0 Å². The molecule has 10 heavy (non-hydrogen) atoms. The van der Waals surface area contributed by atoms with Crippen LogP contribution in [0.3, 0.4) is 0 Å². The van der Waals surface area contributed by atoms with Crippen LogP contribution in [-0.4, -0.2) is 5.38 Å². The fourth-order valence-corrected chi connectivity index (χ4v) is 4.25. The molecule has 0 nitrogen and oxygen atoms in total. The third kappa shape index (κ3) is 0.514. The molecule has 0 spiro atoms. The van der Waals surface area contributed by atoms with Gasteiger partial charge >= 0.3 is 0 Å². The van der Waals surface area contributed by atoms with Crippen LogP contribution >= 0.6 is 11.6 Å². The quantitative estimate of drug-likeness (QED) is 0.473. The van der Waals surface area contributed by atoms with Crippen LogP contribution in [0.25, 0.3) is 0 Å². The lowest BCUT2D eigenvalue weighted by atomic mass is 9.85. The van der Waals surface area contributed by atoms with E-state index in [1.807, 2.05) is 0 Å². The molecule has 0 saturated heterocycles. The minimum Gasteiger partial charge on any atom is -0.123 e. The number of hydrogen-bond donors (Lipinski definition) is 0. The number of halogens is 1. The van der Waals surface area contributed by atoms with Gasteiger partial charge in [0.05, 0.1) is 0 Å². The highest BCUT2D eigenvalue weighted by molar-refractivity contribution is 6.21. The molecule has 0 radical (unpaired) electrons. The standard InChI is InChI=1S/C9H13Cl/c10-9-4-7-5-1-2-6(7)8(9)3-5/h5-9H,1-4H2. The Morgan fingerprint density at radius 3 is 2.40 bits per heavy atom. The molecule has 0 heterocycles. The van der Waals surface area contributed by atoms with Gasteiger partial charge in [0.2, 0.25) is 0 Å². The molecule has 3 fully saturated rings. The number of rotatable bonds is 0. The zero-order chi connectivity index (χ0) is 6.72. The Bertz CT molecular complexity index is 162. The highest BCUT2D eigenvalue weighted by atomic mass is 35.5. The lowest BCUT2D eigenvalue weighted by Gasteiger charge is -2.24. The average molecular weight is 157 g/mol. The summed E-state index contributed by atoms with van der Waals surface area (Å²) < 4.78 is 0. The molecule has 0 aromatic carbocycles. The van der Waals surface area contributed by atoms with Gasteiger partial charge in [0.15, 0.2) is 0 Å². The molecule has 5 atom stereocenters. The predicted octanol–water partition coefficient (Wildman–Crippen LogP) is 2.66. The summed E-state index contributed by atoms with van der Waals surface area (Å²) in [5.74, 6) is 4.16. The smallest absolute Gasteiger partial charge is 0.0369 e. The highest BCUT2D eigenvalue weighted by Crippen LogP contribution is 2.62. The molecule has 5 unspecified atom stereocenters. The molecule has 0 aromatic rings. The first-order valence-corrected chi connectivity index (χ1v) is 4.94. The Kier molecular flexibility index (Phi) is 1.01. The van der Waals surface area contributed by atoms with E-state index >= 15 is 0 Å². The summed E-state index contributed by atoms with van der Waals surface area (Å²) in [5, 5.41) is 0.562. The van der Waals surface area contributed by atoms with Crippen LogP contribution in [0.15, 0.2) is 0 Å². The fourth-order valence-electron chi connectivity index (χ4n) is 3.75.